The second-order valence-corrected chi connectivity index (χ2v) is 6.29. The maximum atomic E-state index is 9.22. The van der Waals surface area contributed by atoms with E-state index in [-0.39, 0.29) is 0 Å². The van der Waals surface area contributed by atoms with Crippen LogP contribution in [0.15, 0.2) is 12.3 Å². The van der Waals surface area contributed by atoms with Gasteiger partial charge in [-0.3, -0.25) is 9.30 Å². The molecule has 5 heteroatoms. The maximum absolute atomic E-state index is 9.22. The largest absolute Gasteiger partial charge is 0.396 e. The highest BCUT2D eigenvalue weighted by molar-refractivity contribution is 5.35. The first kappa shape index (κ1) is 12.3. The Morgan fingerprint density at radius 1 is 1.30 bits per heavy atom. The SMILES string of the molecule is Cc1cc(C)n2c(CN3C[C@@H]4C(CO)[C@@H]4C3)cnc2n1. The van der Waals surface area contributed by atoms with Crippen LogP contribution in [0, 0.1) is 31.6 Å². The number of aromatic nitrogens is 3. The quantitative estimate of drug-likeness (QED) is 0.906. The Kier molecular flexibility index (Phi) is 2.62. The van der Waals surface area contributed by atoms with Gasteiger partial charge in [0.2, 0.25) is 5.78 Å². The van der Waals surface area contributed by atoms with Crippen molar-refractivity contribution in [3.63, 3.8) is 0 Å². The van der Waals surface area contributed by atoms with E-state index in [2.05, 4.69) is 32.3 Å². The Balaban J connectivity index is 1.56. The molecule has 0 spiro atoms. The number of nitrogens with zero attached hydrogens (tertiary/aromatic N) is 4. The zero-order valence-electron chi connectivity index (χ0n) is 12.0. The topological polar surface area (TPSA) is 53.7 Å². The lowest BCUT2D eigenvalue weighted by Crippen LogP contribution is -2.25. The van der Waals surface area contributed by atoms with Gasteiger partial charge in [0.25, 0.3) is 0 Å². The van der Waals surface area contributed by atoms with Crippen molar-refractivity contribution >= 4 is 5.78 Å². The van der Waals surface area contributed by atoms with E-state index in [0.29, 0.717) is 12.5 Å². The number of likely N-dealkylation sites (tertiary alicyclic amines) is 1. The van der Waals surface area contributed by atoms with Gasteiger partial charge in [0, 0.05) is 37.6 Å². The molecule has 0 aromatic carbocycles. The van der Waals surface area contributed by atoms with Crippen LogP contribution in [0.1, 0.15) is 17.1 Å². The summed E-state index contributed by atoms with van der Waals surface area (Å²) in [5, 5.41) is 9.22. The van der Waals surface area contributed by atoms with E-state index < -0.39 is 0 Å². The van der Waals surface area contributed by atoms with Crippen LogP contribution in [-0.2, 0) is 6.54 Å². The van der Waals surface area contributed by atoms with Gasteiger partial charge in [-0.1, -0.05) is 0 Å². The Morgan fingerprint density at radius 3 is 2.75 bits per heavy atom. The molecule has 2 aromatic rings. The first-order valence-corrected chi connectivity index (χ1v) is 7.31. The normalized spacial score (nSPS) is 29.1. The van der Waals surface area contributed by atoms with Crippen LogP contribution in [0.3, 0.4) is 0 Å². The summed E-state index contributed by atoms with van der Waals surface area (Å²) in [5.74, 6) is 2.82. The fraction of sp³-hybridized carbons (Fsp3) is 0.600. The van der Waals surface area contributed by atoms with Gasteiger partial charge < -0.3 is 5.11 Å². The Bertz CT molecular complexity index is 653. The van der Waals surface area contributed by atoms with Crippen molar-refractivity contribution in [2.45, 2.75) is 20.4 Å². The van der Waals surface area contributed by atoms with Gasteiger partial charge in [-0.2, -0.15) is 0 Å². The lowest BCUT2D eigenvalue weighted by Gasteiger charge is -2.19. The number of hydrogen-bond acceptors (Lipinski definition) is 4. The lowest BCUT2D eigenvalue weighted by molar-refractivity contribution is 0.216. The average molecular weight is 272 g/mol. The van der Waals surface area contributed by atoms with Gasteiger partial charge in [0.1, 0.15) is 0 Å². The van der Waals surface area contributed by atoms with Crippen molar-refractivity contribution in [3.05, 3.63) is 29.3 Å². The molecule has 106 valence electrons. The van der Waals surface area contributed by atoms with Crippen molar-refractivity contribution in [3.8, 4) is 0 Å². The smallest absolute Gasteiger partial charge is 0.234 e. The lowest BCUT2D eigenvalue weighted by atomic mass is 10.2. The maximum Gasteiger partial charge on any atom is 0.234 e. The molecule has 2 aliphatic rings. The summed E-state index contributed by atoms with van der Waals surface area (Å²) in [4.78, 5) is 11.4. The Hall–Kier alpha value is -1.46. The molecule has 4 rings (SSSR count). The minimum atomic E-state index is 0.362. The predicted octanol–water partition coefficient (Wildman–Crippen LogP) is 1.02. The fourth-order valence-corrected chi connectivity index (χ4v) is 3.87. The molecule has 5 nitrogen and oxygen atoms in total. The van der Waals surface area contributed by atoms with Crippen LogP contribution in [0.2, 0.25) is 0 Å². The summed E-state index contributed by atoms with van der Waals surface area (Å²) in [5.41, 5.74) is 3.42. The van der Waals surface area contributed by atoms with Gasteiger partial charge in [-0.15, -0.1) is 0 Å². The van der Waals surface area contributed by atoms with E-state index in [1.807, 2.05) is 13.1 Å². The molecule has 2 fully saturated rings. The van der Waals surface area contributed by atoms with E-state index in [4.69, 9.17) is 0 Å². The number of imidazole rings is 1. The highest BCUT2D eigenvalue weighted by atomic mass is 16.3. The fourth-order valence-electron chi connectivity index (χ4n) is 3.87. The number of aryl methyl sites for hydroxylation is 2. The highest BCUT2D eigenvalue weighted by Gasteiger charge is 2.54. The molecule has 3 heterocycles. The van der Waals surface area contributed by atoms with Crippen molar-refractivity contribution in [2.24, 2.45) is 17.8 Å². The van der Waals surface area contributed by atoms with E-state index in [9.17, 15) is 5.11 Å². The standard InChI is InChI=1S/C15H20N4O/c1-9-3-10(2)19-11(4-16-15(19)17-9)5-18-6-12-13(7-18)14(12)8-20/h3-4,12-14,20H,5-8H2,1-2H3/t12-,13+,14?. The van der Waals surface area contributed by atoms with E-state index in [1.165, 1.54) is 11.4 Å². The van der Waals surface area contributed by atoms with Gasteiger partial charge in [-0.25, -0.2) is 9.97 Å². The molecule has 0 amide bonds. The molecular weight excluding hydrogens is 252 g/mol. The third kappa shape index (κ3) is 1.77. The van der Waals surface area contributed by atoms with Crippen LogP contribution >= 0.6 is 0 Å². The first-order valence-electron chi connectivity index (χ1n) is 7.31. The van der Waals surface area contributed by atoms with E-state index in [0.717, 1.165) is 42.9 Å². The van der Waals surface area contributed by atoms with Crippen molar-refractivity contribution < 1.29 is 5.11 Å². The Labute approximate surface area is 118 Å². The number of aliphatic hydroxyl groups excluding tert-OH is 1. The molecule has 1 saturated carbocycles. The first-order chi connectivity index (χ1) is 9.67. The highest BCUT2D eigenvalue weighted by Crippen LogP contribution is 2.51. The van der Waals surface area contributed by atoms with Gasteiger partial charge in [0.15, 0.2) is 0 Å². The van der Waals surface area contributed by atoms with E-state index in [1.54, 1.807) is 0 Å². The zero-order chi connectivity index (χ0) is 13.9. The zero-order valence-corrected chi connectivity index (χ0v) is 12.0. The van der Waals surface area contributed by atoms with Crippen molar-refractivity contribution in [1.82, 2.24) is 19.3 Å². The second kappa shape index (κ2) is 4.27. The van der Waals surface area contributed by atoms with Crippen LogP contribution in [-0.4, -0.2) is 44.1 Å². The number of hydrogen-bond donors (Lipinski definition) is 1. The number of rotatable bonds is 3. The summed E-state index contributed by atoms with van der Waals surface area (Å²) < 4.78 is 2.15. The van der Waals surface area contributed by atoms with E-state index >= 15 is 0 Å². The third-order valence-electron chi connectivity index (χ3n) is 4.91. The third-order valence-corrected chi connectivity index (χ3v) is 4.91. The molecular formula is C15H20N4O. The summed E-state index contributed by atoms with van der Waals surface area (Å²) >= 11 is 0. The summed E-state index contributed by atoms with van der Waals surface area (Å²) in [6.45, 7) is 7.63. The molecule has 1 N–H and O–H groups in total. The molecule has 0 radical (unpaired) electrons. The molecule has 3 atom stereocenters. The van der Waals surface area contributed by atoms with Gasteiger partial charge in [-0.05, 0) is 37.7 Å². The van der Waals surface area contributed by atoms with Crippen LogP contribution < -0.4 is 0 Å². The summed E-state index contributed by atoms with van der Waals surface area (Å²) in [6, 6.07) is 2.10. The van der Waals surface area contributed by atoms with Crippen molar-refractivity contribution in [1.29, 1.82) is 0 Å². The summed E-state index contributed by atoms with van der Waals surface area (Å²) in [6.07, 6.45) is 1.95. The van der Waals surface area contributed by atoms with Crippen molar-refractivity contribution in [2.75, 3.05) is 19.7 Å². The minimum Gasteiger partial charge on any atom is -0.396 e. The molecule has 1 unspecified atom stereocenters. The molecule has 1 aliphatic heterocycles. The monoisotopic (exact) mass is 272 g/mol. The minimum absolute atomic E-state index is 0.362. The molecule has 2 aromatic heterocycles. The summed E-state index contributed by atoms with van der Waals surface area (Å²) in [7, 11) is 0. The Morgan fingerprint density at radius 2 is 2.05 bits per heavy atom. The number of piperidine rings is 1. The molecule has 20 heavy (non-hydrogen) atoms. The molecule has 1 aliphatic carbocycles. The number of aliphatic hydroxyl groups is 1. The predicted molar refractivity (Wildman–Crippen MR) is 75.3 cm³/mol. The van der Waals surface area contributed by atoms with Gasteiger partial charge in [0.05, 0.1) is 11.9 Å². The van der Waals surface area contributed by atoms with Gasteiger partial charge >= 0.3 is 0 Å². The molecule has 1 saturated heterocycles. The van der Waals surface area contributed by atoms with Crippen LogP contribution in [0.5, 0.6) is 0 Å². The average Bonchev–Trinajstić information content (AvgIpc) is 2.74. The second-order valence-electron chi connectivity index (χ2n) is 6.29. The molecule has 0 bridgehead atoms. The van der Waals surface area contributed by atoms with Crippen LogP contribution in [0.25, 0.3) is 5.78 Å². The number of fused-ring (bicyclic) bond motifs is 2. The van der Waals surface area contributed by atoms with Crippen LogP contribution in [0.4, 0.5) is 0 Å².